The third kappa shape index (κ3) is 6.51. The van der Waals surface area contributed by atoms with Crippen LogP contribution in [0.15, 0.2) is 60.7 Å². The van der Waals surface area contributed by atoms with Gasteiger partial charge in [0.15, 0.2) is 5.82 Å². The first-order valence-corrected chi connectivity index (χ1v) is 13.2. The first-order chi connectivity index (χ1) is 19.0. The van der Waals surface area contributed by atoms with Crippen LogP contribution in [0, 0.1) is 5.82 Å². The number of carbonyl (C=O) groups is 2. The molecule has 0 bridgehead atoms. The van der Waals surface area contributed by atoms with E-state index in [0.717, 1.165) is 35.7 Å². The zero-order valence-electron chi connectivity index (χ0n) is 22.0. The van der Waals surface area contributed by atoms with E-state index in [-0.39, 0.29) is 24.5 Å². The standard InChI is InChI=1S/C29H32FN5O4/c1-38-24-5-2-4-22(18-24)26-11-12-27(32-31-26)33-13-15-34(16-14-33)28(36)20-35(19-25-6-3-17-39-25)29(37)21-7-9-23(30)10-8-21/h2,4-5,7-12,18,25H,3,6,13-17,19-20H2,1H3/t25-/m0/s1. The lowest BCUT2D eigenvalue weighted by Crippen LogP contribution is -2.52. The van der Waals surface area contributed by atoms with Crippen LogP contribution in [0.2, 0.25) is 0 Å². The van der Waals surface area contributed by atoms with Gasteiger partial charge in [-0.05, 0) is 61.4 Å². The molecule has 2 saturated heterocycles. The maximum Gasteiger partial charge on any atom is 0.254 e. The lowest BCUT2D eigenvalue weighted by atomic mass is 10.1. The van der Waals surface area contributed by atoms with Crippen molar-refractivity contribution >= 4 is 17.6 Å². The summed E-state index contributed by atoms with van der Waals surface area (Å²) in [5.41, 5.74) is 2.03. The quantitative estimate of drug-likeness (QED) is 0.439. The summed E-state index contributed by atoms with van der Waals surface area (Å²) in [7, 11) is 1.63. The third-order valence-corrected chi connectivity index (χ3v) is 7.12. The third-order valence-electron chi connectivity index (χ3n) is 7.12. The largest absolute Gasteiger partial charge is 0.497 e. The summed E-state index contributed by atoms with van der Waals surface area (Å²) in [5, 5.41) is 8.80. The van der Waals surface area contributed by atoms with Crippen molar-refractivity contribution in [3.05, 3.63) is 72.0 Å². The van der Waals surface area contributed by atoms with Crippen LogP contribution in [0.1, 0.15) is 23.2 Å². The minimum absolute atomic E-state index is 0.0505. The highest BCUT2D eigenvalue weighted by Crippen LogP contribution is 2.23. The van der Waals surface area contributed by atoms with Crippen molar-refractivity contribution in [1.29, 1.82) is 0 Å². The topological polar surface area (TPSA) is 88.1 Å². The van der Waals surface area contributed by atoms with Crippen LogP contribution >= 0.6 is 0 Å². The maximum absolute atomic E-state index is 13.4. The van der Waals surface area contributed by atoms with Crippen LogP contribution < -0.4 is 9.64 Å². The number of piperazine rings is 1. The van der Waals surface area contributed by atoms with Gasteiger partial charge in [-0.15, -0.1) is 10.2 Å². The van der Waals surface area contributed by atoms with E-state index >= 15 is 0 Å². The van der Waals surface area contributed by atoms with Crippen molar-refractivity contribution in [2.24, 2.45) is 0 Å². The Kier molecular flexibility index (Phi) is 8.31. The highest BCUT2D eigenvalue weighted by molar-refractivity contribution is 5.96. The summed E-state index contributed by atoms with van der Waals surface area (Å²) >= 11 is 0. The van der Waals surface area contributed by atoms with Gasteiger partial charge in [-0.25, -0.2) is 4.39 Å². The molecule has 2 aliphatic heterocycles. The van der Waals surface area contributed by atoms with Gasteiger partial charge < -0.3 is 24.2 Å². The number of rotatable bonds is 8. The molecule has 0 aliphatic carbocycles. The Morgan fingerprint density at radius 1 is 1.05 bits per heavy atom. The number of amides is 2. The van der Waals surface area contributed by atoms with Gasteiger partial charge in [-0.3, -0.25) is 9.59 Å². The molecule has 204 valence electrons. The van der Waals surface area contributed by atoms with Crippen LogP contribution in [0.3, 0.4) is 0 Å². The highest BCUT2D eigenvalue weighted by atomic mass is 19.1. The first-order valence-electron chi connectivity index (χ1n) is 13.2. The number of methoxy groups -OCH3 is 1. The lowest BCUT2D eigenvalue weighted by molar-refractivity contribution is -0.132. The molecule has 3 aromatic rings. The molecule has 2 fully saturated rings. The minimum Gasteiger partial charge on any atom is -0.497 e. The molecule has 1 aromatic heterocycles. The second kappa shape index (κ2) is 12.2. The molecule has 10 heteroatoms. The number of benzene rings is 2. The molecule has 39 heavy (non-hydrogen) atoms. The second-order valence-corrected chi connectivity index (χ2v) is 9.70. The van der Waals surface area contributed by atoms with Crippen LogP contribution in [0.5, 0.6) is 5.75 Å². The summed E-state index contributed by atoms with van der Waals surface area (Å²) in [5.74, 6) is 0.672. The van der Waals surface area contributed by atoms with Crippen LogP contribution in [0.4, 0.5) is 10.2 Å². The number of nitrogens with zero attached hydrogens (tertiary/aromatic N) is 5. The number of aromatic nitrogens is 2. The van der Waals surface area contributed by atoms with Gasteiger partial charge in [-0.1, -0.05) is 12.1 Å². The lowest BCUT2D eigenvalue weighted by Gasteiger charge is -2.36. The summed E-state index contributed by atoms with van der Waals surface area (Å²) in [6, 6.07) is 16.9. The van der Waals surface area contributed by atoms with Crippen molar-refractivity contribution in [2.75, 3.05) is 57.9 Å². The average Bonchev–Trinajstić information content (AvgIpc) is 3.50. The fourth-order valence-corrected chi connectivity index (χ4v) is 4.91. The molecular weight excluding hydrogens is 501 g/mol. The summed E-state index contributed by atoms with van der Waals surface area (Å²) in [6.45, 7) is 3.17. The number of anilines is 1. The van der Waals surface area contributed by atoms with Gasteiger partial charge in [0.05, 0.1) is 18.9 Å². The molecule has 2 amide bonds. The molecular formula is C29H32FN5O4. The average molecular weight is 534 g/mol. The van der Waals surface area contributed by atoms with E-state index in [1.165, 1.54) is 29.2 Å². The Hall–Kier alpha value is -4.05. The van der Waals surface area contributed by atoms with Crippen molar-refractivity contribution in [2.45, 2.75) is 18.9 Å². The van der Waals surface area contributed by atoms with Crippen LogP contribution in [-0.4, -0.2) is 90.9 Å². The van der Waals surface area contributed by atoms with E-state index in [0.29, 0.717) is 44.9 Å². The molecule has 2 aliphatic rings. The van der Waals surface area contributed by atoms with Crippen molar-refractivity contribution in [1.82, 2.24) is 20.0 Å². The Labute approximate surface area is 227 Å². The van der Waals surface area contributed by atoms with E-state index in [1.54, 1.807) is 12.0 Å². The molecule has 0 N–H and O–H groups in total. The number of halogens is 1. The van der Waals surface area contributed by atoms with Gasteiger partial charge in [0.25, 0.3) is 5.91 Å². The number of ether oxygens (including phenoxy) is 2. The van der Waals surface area contributed by atoms with Gasteiger partial charge in [-0.2, -0.15) is 0 Å². The van der Waals surface area contributed by atoms with Crippen molar-refractivity contribution in [3.63, 3.8) is 0 Å². The summed E-state index contributed by atoms with van der Waals surface area (Å²) in [4.78, 5) is 31.9. The van der Waals surface area contributed by atoms with Crippen LogP contribution in [0.25, 0.3) is 11.3 Å². The van der Waals surface area contributed by atoms with E-state index < -0.39 is 5.82 Å². The molecule has 0 unspecified atom stereocenters. The van der Waals surface area contributed by atoms with Gasteiger partial charge in [0, 0.05) is 50.5 Å². The molecule has 0 spiro atoms. The normalized spacial score (nSPS) is 17.2. The fourth-order valence-electron chi connectivity index (χ4n) is 4.91. The van der Waals surface area contributed by atoms with E-state index in [2.05, 4.69) is 15.1 Å². The minimum atomic E-state index is -0.411. The van der Waals surface area contributed by atoms with E-state index in [1.807, 2.05) is 36.4 Å². The highest BCUT2D eigenvalue weighted by Gasteiger charge is 2.29. The van der Waals surface area contributed by atoms with E-state index in [9.17, 15) is 14.0 Å². The number of carbonyl (C=O) groups excluding carboxylic acids is 2. The monoisotopic (exact) mass is 533 g/mol. The second-order valence-electron chi connectivity index (χ2n) is 9.70. The molecule has 2 aromatic carbocycles. The molecule has 1 atom stereocenters. The summed E-state index contributed by atoms with van der Waals surface area (Å²) < 4.78 is 24.4. The number of hydrogen-bond acceptors (Lipinski definition) is 7. The zero-order valence-corrected chi connectivity index (χ0v) is 22.0. The smallest absolute Gasteiger partial charge is 0.254 e. The SMILES string of the molecule is COc1cccc(-c2ccc(N3CCN(C(=O)CN(C[C@@H]4CCCO4)C(=O)c4ccc(F)cc4)CC3)nn2)c1. The fraction of sp³-hybridized carbons (Fsp3) is 0.379. The van der Waals surface area contributed by atoms with E-state index in [4.69, 9.17) is 9.47 Å². The van der Waals surface area contributed by atoms with Crippen molar-refractivity contribution < 1.29 is 23.5 Å². The molecule has 9 nitrogen and oxygen atoms in total. The predicted octanol–water partition coefficient (Wildman–Crippen LogP) is 3.26. The van der Waals surface area contributed by atoms with Gasteiger partial charge in [0.2, 0.25) is 5.91 Å². The molecule has 0 saturated carbocycles. The van der Waals surface area contributed by atoms with Gasteiger partial charge in [0.1, 0.15) is 18.1 Å². The Balaban J connectivity index is 1.19. The number of hydrogen-bond donors (Lipinski definition) is 0. The summed E-state index contributed by atoms with van der Waals surface area (Å²) in [6.07, 6.45) is 1.68. The Morgan fingerprint density at radius 2 is 1.85 bits per heavy atom. The van der Waals surface area contributed by atoms with Gasteiger partial charge >= 0.3 is 0 Å². The molecule has 5 rings (SSSR count). The Morgan fingerprint density at radius 3 is 2.51 bits per heavy atom. The molecule has 3 heterocycles. The zero-order chi connectivity index (χ0) is 27.2. The molecule has 0 radical (unpaired) electrons. The Bertz CT molecular complexity index is 1270. The van der Waals surface area contributed by atoms with Crippen molar-refractivity contribution in [3.8, 4) is 17.0 Å². The maximum atomic E-state index is 13.4. The predicted molar refractivity (Wildman–Crippen MR) is 144 cm³/mol. The van der Waals surface area contributed by atoms with Crippen LogP contribution in [-0.2, 0) is 9.53 Å². The first kappa shape index (κ1) is 26.6.